The van der Waals surface area contributed by atoms with Crippen LogP contribution in [0.2, 0.25) is 0 Å². The first-order chi connectivity index (χ1) is 14.9. The Labute approximate surface area is 178 Å². The number of halogens is 2. The number of hydrogen-bond acceptors (Lipinski definition) is 4. The molecule has 0 aliphatic carbocycles. The summed E-state index contributed by atoms with van der Waals surface area (Å²) in [6.07, 6.45) is 0.929. The van der Waals surface area contributed by atoms with Crippen LogP contribution in [0.5, 0.6) is 5.75 Å². The van der Waals surface area contributed by atoms with E-state index < -0.39 is 36.3 Å². The third-order valence-corrected chi connectivity index (χ3v) is 4.09. The zero-order valence-corrected chi connectivity index (χ0v) is 16.9. The summed E-state index contributed by atoms with van der Waals surface area (Å²) in [7, 11) is 0. The number of carbonyl (C=O) groups is 3. The number of para-hydroxylation sites is 1. The van der Waals surface area contributed by atoms with Gasteiger partial charge in [0, 0.05) is 6.54 Å². The van der Waals surface area contributed by atoms with Crippen LogP contribution >= 0.6 is 0 Å². The van der Waals surface area contributed by atoms with Gasteiger partial charge in [-0.05, 0) is 36.2 Å². The normalized spacial score (nSPS) is 11.2. The lowest BCUT2D eigenvalue weighted by molar-refractivity contribution is -0.131. The second kappa shape index (κ2) is 12.1. The average molecular weight is 434 g/mol. The van der Waals surface area contributed by atoms with Crippen LogP contribution in [0.15, 0.2) is 48.5 Å². The van der Waals surface area contributed by atoms with Crippen molar-refractivity contribution in [3.05, 3.63) is 65.7 Å². The van der Waals surface area contributed by atoms with E-state index >= 15 is 0 Å². The maximum atomic E-state index is 13.5. The molecule has 2 aromatic rings. The van der Waals surface area contributed by atoms with E-state index in [9.17, 15) is 23.2 Å². The highest BCUT2D eigenvalue weighted by Crippen LogP contribution is 2.14. The lowest BCUT2D eigenvalue weighted by atomic mass is 10.1. The molecule has 1 unspecified atom stereocenters. The highest BCUT2D eigenvalue weighted by molar-refractivity contribution is 5.89. The molecule has 0 aromatic heterocycles. The van der Waals surface area contributed by atoms with Crippen molar-refractivity contribution in [3.8, 4) is 5.75 Å². The molecule has 4 N–H and O–H groups in total. The summed E-state index contributed by atoms with van der Waals surface area (Å²) < 4.78 is 31.4. The van der Waals surface area contributed by atoms with Crippen LogP contribution in [0.1, 0.15) is 25.3 Å². The summed E-state index contributed by atoms with van der Waals surface area (Å²) in [4.78, 5) is 36.2. The van der Waals surface area contributed by atoms with E-state index in [4.69, 9.17) is 4.74 Å². The highest BCUT2D eigenvalue weighted by atomic mass is 19.1. The van der Waals surface area contributed by atoms with E-state index in [-0.39, 0.29) is 18.1 Å². The van der Waals surface area contributed by atoms with Crippen LogP contribution in [-0.4, -0.2) is 30.5 Å². The number of rotatable bonds is 9. The first kappa shape index (κ1) is 23.6. The quantitative estimate of drug-likeness (QED) is 0.454. The lowest BCUT2D eigenvalue weighted by Crippen LogP contribution is -2.54. The Morgan fingerprint density at radius 3 is 2.39 bits per heavy atom. The topological polar surface area (TPSA) is 109 Å². The van der Waals surface area contributed by atoms with Gasteiger partial charge in [0.15, 0.2) is 18.2 Å². The maximum Gasteiger partial charge on any atom is 0.315 e. The van der Waals surface area contributed by atoms with Crippen molar-refractivity contribution >= 4 is 17.8 Å². The third-order valence-electron chi connectivity index (χ3n) is 4.09. The molecule has 0 heterocycles. The number of urea groups is 1. The molecular formula is C21H24F2N4O4. The van der Waals surface area contributed by atoms with Crippen molar-refractivity contribution in [2.24, 2.45) is 0 Å². The van der Waals surface area contributed by atoms with Gasteiger partial charge in [-0.15, -0.1) is 0 Å². The van der Waals surface area contributed by atoms with Crippen molar-refractivity contribution in [1.29, 1.82) is 0 Å². The Bertz CT molecular complexity index is 893. The second-order valence-electron chi connectivity index (χ2n) is 6.55. The first-order valence-corrected chi connectivity index (χ1v) is 9.64. The number of ether oxygens (including phenoxy) is 1. The molecule has 8 nitrogen and oxygen atoms in total. The van der Waals surface area contributed by atoms with Crippen molar-refractivity contribution in [3.63, 3.8) is 0 Å². The summed E-state index contributed by atoms with van der Waals surface area (Å²) in [6, 6.07) is 9.74. The molecule has 10 heteroatoms. The molecular weight excluding hydrogens is 410 g/mol. The molecule has 0 saturated carbocycles. The van der Waals surface area contributed by atoms with Crippen molar-refractivity contribution in [2.45, 2.75) is 32.4 Å². The zero-order chi connectivity index (χ0) is 22.6. The second-order valence-corrected chi connectivity index (χ2v) is 6.55. The molecule has 4 amide bonds. The molecule has 0 spiro atoms. The Kier molecular flexibility index (Phi) is 9.21. The fourth-order valence-electron chi connectivity index (χ4n) is 2.51. The number of benzene rings is 2. The van der Waals surface area contributed by atoms with Gasteiger partial charge in [0.05, 0.1) is 0 Å². The Morgan fingerprint density at radius 1 is 1.00 bits per heavy atom. The van der Waals surface area contributed by atoms with E-state index in [1.807, 2.05) is 6.92 Å². The minimum Gasteiger partial charge on any atom is -0.481 e. The summed E-state index contributed by atoms with van der Waals surface area (Å²) in [5.74, 6) is -2.41. The largest absolute Gasteiger partial charge is 0.481 e. The fourth-order valence-corrected chi connectivity index (χ4v) is 2.51. The molecule has 0 aliphatic heterocycles. The van der Waals surface area contributed by atoms with Crippen LogP contribution < -0.4 is 26.2 Å². The van der Waals surface area contributed by atoms with Gasteiger partial charge in [-0.25, -0.2) is 13.6 Å². The predicted molar refractivity (Wildman–Crippen MR) is 109 cm³/mol. The van der Waals surface area contributed by atoms with Crippen LogP contribution in [0.3, 0.4) is 0 Å². The number of hydrogen-bond donors (Lipinski definition) is 4. The molecule has 2 rings (SSSR count). The molecule has 0 bridgehead atoms. The molecule has 2 aromatic carbocycles. The van der Waals surface area contributed by atoms with Gasteiger partial charge in [0.25, 0.3) is 11.8 Å². The predicted octanol–water partition coefficient (Wildman–Crippen LogP) is 2.16. The summed E-state index contributed by atoms with van der Waals surface area (Å²) in [5.41, 5.74) is 5.05. The standard InChI is InChI=1S/C21H24F2N4O4/c1-2-5-17(25-21(30)24-12-14-8-10-15(22)11-9-14)20(29)27-26-19(28)13-31-18-7-4-3-6-16(18)23/h3-4,6-11,17H,2,5,12-13H2,1H3,(H,26,28)(H,27,29)(H2,24,25,30). The highest BCUT2D eigenvalue weighted by Gasteiger charge is 2.20. The van der Waals surface area contributed by atoms with E-state index in [1.54, 1.807) is 6.07 Å². The maximum absolute atomic E-state index is 13.5. The molecule has 0 fully saturated rings. The van der Waals surface area contributed by atoms with Gasteiger partial charge < -0.3 is 15.4 Å². The van der Waals surface area contributed by atoms with Gasteiger partial charge in [0.1, 0.15) is 11.9 Å². The van der Waals surface area contributed by atoms with Crippen LogP contribution in [0.25, 0.3) is 0 Å². The van der Waals surface area contributed by atoms with Gasteiger partial charge in [-0.3, -0.25) is 20.4 Å². The van der Waals surface area contributed by atoms with E-state index in [0.717, 1.165) is 0 Å². The Balaban J connectivity index is 1.76. The number of hydrazine groups is 1. The summed E-state index contributed by atoms with van der Waals surface area (Å²) in [6.45, 7) is 1.47. The van der Waals surface area contributed by atoms with Crippen molar-refractivity contribution in [1.82, 2.24) is 21.5 Å². The van der Waals surface area contributed by atoms with Crippen molar-refractivity contribution < 1.29 is 27.9 Å². The molecule has 31 heavy (non-hydrogen) atoms. The molecule has 0 radical (unpaired) electrons. The van der Waals surface area contributed by atoms with Crippen LogP contribution in [0, 0.1) is 11.6 Å². The van der Waals surface area contributed by atoms with Gasteiger partial charge in [-0.1, -0.05) is 37.6 Å². The first-order valence-electron chi connectivity index (χ1n) is 9.64. The molecule has 166 valence electrons. The molecule has 1 atom stereocenters. The van der Waals surface area contributed by atoms with E-state index in [0.29, 0.717) is 18.4 Å². The van der Waals surface area contributed by atoms with E-state index in [1.165, 1.54) is 42.5 Å². The van der Waals surface area contributed by atoms with E-state index in [2.05, 4.69) is 21.5 Å². The smallest absolute Gasteiger partial charge is 0.315 e. The lowest BCUT2D eigenvalue weighted by Gasteiger charge is -2.18. The molecule has 0 aliphatic rings. The van der Waals surface area contributed by atoms with Gasteiger partial charge in [0.2, 0.25) is 0 Å². The third kappa shape index (κ3) is 8.29. The SMILES string of the molecule is CCCC(NC(=O)NCc1ccc(F)cc1)C(=O)NNC(=O)COc1ccccc1F. The monoisotopic (exact) mass is 434 g/mol. The molecule has 0 saturated heterocycles. The number of nitrogens with one attached hydrogen (secondary N) is 4. The minimum atomic E-state index is -0.897. The van der Waals surface area contributed by atoms with Crippen LogP contribution in [0.4, 0.5) is 13.6 Å². The average Bonchev–Trinajstić information content (AvgIpc) is 2.76. The zero-order valence-electron chi connectivity index (χ0n) is 16.9. The summed E-state index contributed by atoms with van der Waals surface area (Å²) in [5, 5.41) is 5.10. The Hall–Kier alpha value is -3.69. The Morgan fingerprint density at radius 2 is 1.71 bits per heavy atom. The van der Waals surface area contributed by atoms with Crippen molar-refractivity contribution in [2.75, 3.05) is 6.61 Å². The van der Waals surface area contributed by atoms with Crippen LogP contribution in [-0.2, 0) is 16.1 Å². The fraction of sp³-hybridized carbons (Fsp3) is 0.286. The van der Waals surface area contributed by atoms with Gasteiger partial charge >= 0.3 is 6.03 Å². The summed E-state index contributed by atoms with van der Waals surface area (Å²) >= 11 is 0. The minimum absolute atomic E-state index is 0.0904. The number of carbonyl (C=O) groups excluding carboxylic acids is 3. The van der Waals surface area contributed by atoms with Gasteiger partial charge in [-0.2, -0.15) is 0 Å². The number of amides is 4.